The number of ether oxygens (including phenoxy) is 1. The molecule has 0 N–H and O–H groups in total. The van der Waals surface area contributed by atoms with Crippen LogP contribution in [0, 0.1) is 6.92 Å². The number of hydrogen-bond acceptors (Lipinski definition) is 4. The molecule has 0 saturated carbocycles. The van der Waals surface area contributed by atoms with E-state index in [4.69, 9.17) is 9.73 Å². The number of amidine groups is 1. The molecular formula is C24H29N3O. The molecule has 4 nitrogen and oxygen atoms in total. The average molecular weight is 376 g/mol. The van der Waals surface area contributed by atoms with Gasteiger partial charge in [-0.25, -0.2) is 4.99 Å². The van der Waals surface area contributed by atoms with Crippen LogP contribution in [0.1, 0.15) is 41.1 Å². The summed E-state index contributed by atoms with van der Waals surface area (Å²) in [5, 5.41) is 0. The zero-order chi connectivity index (χ0) is 19.1. The van der Waals surface area contributed by atoms with Gasteiger partial charge >= 0.3 is 0 Å². The van der Waals surface area contributed by atoms with Crippen molar-refractivity contribution in [1.29, 1.82) is 0 Å². The van der Waals surface area contributed by atoms with Gasteiger partial charge in [-0.1, -0.05) is 54.1 Å². The van der Waals surface area contributed by atoms with E-state index in [-0.39, 0.29) is 11.6 Å². The maximum atomic E-state index is 6.63. The van der Waals surface area contributed by atoms with Crippen LogP contribution in [-0.4, -0.2) is 54.6 Å². The SMILES string of the molecule is Cc1cccc([C@H]2c3ccccc3CCN2C2=NC[C@@]3(CCCN(C)C3)O2)c1. The number of nitrogens with zero attached hydrogens (tertiary/aromatic N) is 3. The van der Waals surface area contributed by atoms with E-state index in [9.17, 15) is 0 Å². The zero-order valence-electron chi connectivity index (χ0n) is 16.9. The Morgan fingerprint density at radius 1 is 1.11 bits per heavy atom. The quantitative estimate of drug-likeness (QED) is 0.759. The third kappa shape index (κ3) is 3.10. The first-order valence-corrected chi connectivity index (χ1v) is 10.5. The van der Waals surface area contributed by atoms with E-state index in [1.165, 1.54) is 28.7 Å². The van der Waals surface area contributed by atoms with E-state index < -0.39 is 0 Å². The molecule has 2 aromatic rings. The minimum atomic E-state index is -0.129. The minimum Gasteiger partial charge on any atom is -0.455 e. The highest BCUT2D eigenvalue weighted by atomic mass is 16.5. The molecule has 0 bridgehead atoms. The molecule has 0 aliphatic carbocycles. The summed E-state index contributed by atoms with van der Waals surface area (Å²) in [6.07, 6.45) is 3.32. The topological polar surface area (TPSA) is 28.1 Å². The van der Waals surface area contributed by atoms with Crippen molar-refractivity contribution in [2.45, 2.75) is 37.8 Å². The Bertz CT molecular complexity index is 908. The summed E-state index contributed by atoms with van der Waals surface area (Å²) in [5.41, 5.74) is 5.31. The number of rotatable bonds is 1. The summed E-state index contributed by atoms with van der Waals surface area (Å²) in [4.78, 5) is 9.72. The third-order valence-electron chi connectivity index (χ3n) is 6.43. The Kier molecular flexibility index (Phi) is 4.39. The van der Waals surface area contributed by atoms with E-state index in [0.717, 1.165) is 45.0 Å². The molecular weight excluding hydrogens is 346 g/mol. The van der Waals surface area contributed by atoms with Gasteiger partial charge in [0.2, 0.25) is 0 Å². The van der Waals surface area contributed by atoms with Crippen LogP contribution in [-0.2, 0) is 11.2 Å². The number of likely N-dealkylation sites (N-methyl/N-ethyl adjacent to an activating group) is 1. The first kappa shape index (κ1) is 17.7. The number of aliphatic imine (C=N–C) groups is 1. The molecule has 3 aliphatic heterocycles. The molecule has 1 fully saturated rings. The molecule has 3 aliphatic rings. The number of aryl methyl sites for hydroxylation is 1. The summed E-state index contributed by atoms with van der Waals surface area (Å²) < 4.78 is 6.63. The molecule has 28 heavy (non-hydrogen) atoms. The van der Waals surface area contributed by atoms with E-state index in [1.54, 1.807) is 0 Å². The maximum Gasteiger partial charge on any atom is 0.288 e. The van der Waals surface area contributed by atoms with Crippen LogP contribution in [0.5, 0.6) is 0 Å². The molecule has 146 valence electrons. The smallest absolute Gasteiger partial charge is 0.288 e. The van der Waals surface area contributed by atoms with Crippen LogP contribution in [0.2, 0.25) is 0 Å². The van der Waals surface area contributed by atoms with Crippen molar-refractivity contribution in [3.8, 4) is 0 Å². The fraction of sp³-hybridized carbons (Fsp3) is 0.458. The Balaban J connectivity index is 1.50. The van der Waals surface area contributed by atoms with Gasteiger partial charge in [0.05, 0.1) is 12.6 Å². The van der Waals surface area contributed by atoms with E-state index in [2.05, 4.69) is 72.3 Å². The molecule has 0 amide bonds. The predicted molar refractivity (Wildman–Crippen MR) is 113 cm³/mol. The van der Waals surface area contributed by atoms with E-state index in [1.807, 2.05) is 0 Å². The molecule has 5 rings (SSSR count). The summed E-state index contributed by atoms with van der Waals surface area (Å²) in [6.45, 7) is 6.02. The van der Waals surface area contributed by atoms with E-state index in [0.29, 0.717) is 0 Å². The summed E-state index contributed by atoms with van der Waals surface area (Å²) >= 11 is 0. The largest absolute Gasteiger partial charge is 0.455 e. The van der Waals surface area contributed by atoms with Crippen molar-refractivity contribution in [2.24, 2.45) is 4.99 Å². The van der Waals surface area contributed by atoms with Crippen LogP contribution in [0.15, 0.2) is 53.5 Å². The maximum absolute atomic E-state index is 6.63. The first-order chi connectivity index (χ1) is 13.6. The van der Waals surface area contributed by atoms with Gasteiger partial charge in [-0.15, -0.1) is 0 Å². The zero-order valence-corrected chi connectivity index (χ0v) is 16.9. The van der Waals surface area contributed by atoms with Gasteiger partial charge in [-0.3, -0.25) is 0 Å². The van der Waals surface area contributed by atoms with Crippen LogP contribution in [0.4, 0.5) is 0 Å². The van der Waals surface area contributed by atoms with Crippen molar-refractivity contribution in [2.75, 3.05) is 33.2 Å². The lowest BCUT2D eigenvalue weighted by Crippen LogP contribution is -2.51. The minimum absolute atomic E-state index is 0.129. The van der Waals surface area contributed by atoms with Gasteiger partial charge in [0.1, 0.15) is 5.60 Å². The van der Waals surface area contributed by atoms with Crippen LogP contribution in [0.25, 0.3) is 0 Å². The Morgan fingerprint density at radius 3 is 2.86 bits per heavy atom. The molecule has 1 saturated heterocycles. The Labute approximate surface area is 167 Å². The fourth-order valence-corrected chi connectivity index (χ4v) is 5.13. The van der Waals surface area contributed by atoms with Gasteiger partial charge in [-0.2, -0.15) is 0 Å². The Hall–Kier alpha value is -2.33. The molecule has 4 heteroatoms. The Morgan fingerprint density at radius 2 is 2.00 bits per heavy atom. The molecule has 0 aromatic heterocycles. The summed E-state index contributed by atoms with van der Waals surface area (Å²) in [7, 11) is 2.19. The number of benzene rings is 2. The van der Waals surface area contributed by atoms with Crippen molar-refractivity contribution < 1.29 is 4.74 Å². The van der Waals surface area contributed by atoms with Crippen molar-refractivity contribution in [3.63, 3.8) is 0 Å². The highest BCUT2D eigenvalue weighted by Gasteiger charge is 2.44. The molecule has 3 heterocycles. The number of piperidine rings is 1. The lowest BCUT2D eigenvalue weighted by molar-refractivity contribution is 0.000266. The van der Waals surface area contributed by atoms with E-state index >= 15 is 0 Å². The second-order valence-electron chi connectivity index (χ2n) is 8.68. The lowest BCUT2D eigenvalue weighted by atomic mass is 9.88. The highest BCUT2D eigenvalue weighted by molar-refractivity contribution is 5.78. The number of fused-ring (bicyclic) bond motifs is 1. The van der Waals surface area contributed by atoms with Crippen molar-refractivity contribution >= 4 is 6.02 Å². The molecule has 2 aromatic carbocycles. The summed E-state index contributed by atoms with van der Waals surface area (Å²) in [5.74, 6) is 0. The molecule has 2 atom stereocenters. The average Bonchev–Trinajstić information content (AvgIpc) is 3.09. The van der Waals surface area contributed by atoms with Crippen LogP contribution >= 0.6 is 0 Å². The van der Waals surface area contributed by atoms with Gasteiger partial charge in [0, 0.05) is 13.1 Å². The monoisotopic (exact) mass is 375 g/mol. The number of hydrogen-bond donors (Lipinski definition) is 0. The molecule has 1 spiro atoms. The fourth-order valence-electron chi connectivity index (χ4n) is 5.13. The predicted octanol–water partition coefficient (Wildman–Crippen LogP) is 3.79. The second kappa shape index (κ2) is 6.93. The van der Waals surface area contributed by atoms with Crippen molar-refractivity contribution in [1.82, 2.24) is 9.80 Å². The number of likely N-dealkylation sites (tertiary alicyclic amines) is 1. The van der Waals surface area contributed by atoms with Gasteiger partial charge in [0.25, 0.3) is 6.02 Å². The summed E-state index contributed by atoms with van der Waals surface area (Å²) in [6, 6.07) is 18.7. The first-order valence-electron chi connectivity index (χ1n) is 10.5. The van der Waals surface area contributed by atoms with Crippen LogP contribution in [0.3, 0.4) is 0 Å². The lowest BCUT2D eigenvalue weighted by Gasteiger charge is -2.41. The van der Waals surface area contributed by atoms with Gasteiger partial charge < -0.3 is 14.5 Å². The third-order valence-corrected chi connectivity index (χ3v) is 6.43. The second-order valence-corrected chi connectivity index (χ2v) is 8.68. The molecule has 0 radical (unpaired) electrons. The standard InChI is InChI=1S/C24H29N3O/c1-18-7-5-9-20(15-18)22-21-10-4-3-8-19(21)11-14-27(22)23-25-16-24(28-23)12-6-13-26(2)17-24/h3-5,7-10,15,22H,6,11-14,16-17H2,1-2H3/t22-,24+/m0/s1. The van der Waals surface area contributed by atoms with Crippen LogP contribution < -0.4 is 0 Å². The van der Waals surface area contributed by atoms with Crippen molar-refractivity contribution in [3.05, 3.63) is 70.8 Å². The molecule has 0 unspecified atom stereocenters. The van der Waals surface area contributed by atoms with Gasteiger partial charge in [-0.05, 0) is 56.5 Å². The highest BCUT2D eigenvalue weighted by Crippen LogP contribution is 2.38. The van der Waals surface area contributed by atoms with Gasteiger partial charge in [0.15, 0.2) is 0 Å². The normalized spacial score (nSPS) is 27.4.